The number of carbonyl (C=O) groups excluding carboxylic acids is 1. The fraction of sp³-hybridized carbons (Fsp3) is 0.714. The van der Waals surface area contributed by atoms with Crippen LogP contribution in [-0.2, 0) is 4.79 Å². The average molecular weight is 279 g/mol. The van der Waals surface area contributed by atoms with Crippen molar-refractivity contribution in [1.82, 2.24) is 15.2 Å². The highest BCUT2D eigenvalue weighted by molar-refractivity contribution is 7.09. The monoisotopic (exact) mass is 279 g/mol. The largest absolute Gasteiger partial charge is 0.341 e. The first-order valence-corrected chi connectivity index (χ1v) is 8.06. The molecule has 4 nitrogen and oxygen atoms in total. The Kier molecular flexibility index (Phi) is 3.84. The van der Waals surface area contributed by atoms with E-state index >= 15 is 0 Å². The van der Waals surface area contributed by atoms with Gasteiger partial charge in [0.25, 0.3) is 0 Å². The van der Waals surface area contributed by atoms with Crippen molar-refractivity contribution < 1.29 is 4.79 Å². The van der Waals surface area contributed by atoms with Crippen molar-refractivity contribution in [2.24, 2.45) is 0 Å². The highest BCUT2D eigenvalue weighted by Crippen LogP contribution is 2.29. The van der Waals surface area contributed by atoms with E-state index in [1.807, 2.05) is 11.8 Å². The van der Waals surface area contributed by atoms with E-state index in [0.29, 0.717) is 11.8 Å². The van der Waals surface area contributed by atoms with Gasteiger partial charge in [-0.3, -0.25) is 4.79 Å². The van der Waals surface area contributed by atoms with Gasteiger partial charge in [0.2, 0.25) is 5.91 Å². The molecule has 2 unspecified atom stereocenters. The van der Waals surface area contributed by atoms with E-state index in [4.69, 9.17) is 0 Å². The minimum Gasteiger partial charge on any atom is -0.341 e. The van der Waals surface area contributed by atoms with Gasteiger partial charge in [0, 0.05) is 30.1 Å². The number of nitrogens with one attached hydrogen (secondary N) is 1. The SMILES string of the molecule is Cc1csc(C2CCCN(C(=O)C3CCCN3)C2)n1. The van der Waals surface area contributed by atoms with Crippen LogP contribution in [0.25, 0.3) is 0 Å². The lowest BCUT2D eigenvalue weighted by atomic mass is 9.98. The van der Waals surface area contributed by atoms with Crippen LogP contribution in [0.1, 0.15) is 42.3 Å². The van der Waals surface area contributed by atoms with Crippen LogP contribution < -0.4 is 5.32 Å². The number of amides is 1. The topological polar surface area (TPSA) is 45.2 Å². The second-order valence-electron chi connectivity index (χ2n) is 5.60. The molecular weight excluding hydrogens is 258 g/mol. The van der Waals surface area contributed by atoms with Gasteiger partial charge in [0.15, 0.2) is 0 Å². The Balaban J connectivity index is 1.65. The van der Waals surface area contributed by atoms with E-state index in [0.717, 1.165) is 51.0 Å². The Labute approximate surface area is 118 Å². The van der Waals surface area contributed by atoms with Gasteiger partial charge in [-0.15, -0.1) is 11.3 Å². The number of likely N-dealkylation sites (tertiary alicyclic amines) is 1. The van der Waals surface area contributed by atoms with E-state index in [2.05, 4.69) is 15.7 Å². The molecule has 0 radical (unpaired) electrons. The van der Waals surface area contributed by atoms with E-state index in [9.17, 15) is 4.79 Å². The average Bonchev–Trinajstić information content (AvgIpc) is 3.09. The molecule has 104 valence electrons. The number of piperidine rings is 1. The summed E-state index contributed by atoms with van der Waals surface area (Å²) in [6.07, 6.45) is 4.38. The van der Waals surface area contributed by atoms with Crippen LogP contribution in [0, 0.1) is 6.92 Å². The zero-order valence-corrected chi connectivity index (χ0v) is 12.2. The standard InChI is InChI=1S/C14H21N3OS/c1-10-9-19-13(16-10)11-4-3-7-17(8-11)14(18)12-5-2-6-15-12/h9,11-12,15H,2-8H2,1H3. The lowest BCUT2D eigenvalue weighted by Crippen LogP contribution is -2.47. The fourth-order valence-corrected chi connectivity index (χ4v) is 3.98. The number of thiazole rings is 1. The molecule has 0 aliphatic carbocycles. The molecule has 0 aromatic carbocycles. The summed E-state index contributed by atoms with van der Waals surface area (Å²) in [4.78, 5) is 19.1. The van der Waals surface area contributed by atoms with Crippen LogP contribution in [0.15, 0.2) is 5.38 Å². The molecule has 2 fully saturated rings. The number of rotatable bonds is 2. The molecule has 19 heavy (non-hydrogen) atoms. The van der Waals surface area contributed by atoms with Crippen LogP contribution in [0.3, 0.4) is 0 Å². The molecule has 0 bridgehead atoms. The molecule has 1 N–H and O–H groups in total. The third kappa shape index (κ3) is 2.82. The Morgan fingerprint density at radius 2 is 2.37 bits per heavy atom. The summed E-state index contributed by atoms with van der Waals surface area (Å²) >= 11 is 1.74. The number of hydrogen-bond donors (Lipinski definition) is 1. The van der Waals surface area contributed by atoms with Gasteiger partial charge in [-0.2, -0.15) is 0 Å². The lowest BCUT2D eigenvalue weighted by molar-refractivity contribution is -0.134. The number of hydrogen-bond acceptors (Lipinski definition) is 4. The van der Waals surface area contributed by atoms with Crippen molar-refractivity contribution in [2.45, 2.75) is 44.6 Å². The Morgan fingerprint density at radius 1 is 1.47 bits per heavy atom. The van der Waals surface area contributed by atoms with Crippen molar-refractivity contribution >= 4 is 17.2 Å². The van der Waals surface area contributed by atoms with E-state index < -0.39 is 0 Å². The summed E-state index contributed by atoms with van der Waals surface area (Å²) in [5, 5.41) is 6.62. The highest BCUT2D eigenvalue weighted by atomic mass is 32.1. The fourth-order valence-electron chi connectivity index (χ4n) is 3.05. The summed E-state index contributed by atoms with van der Waals surface area (Å²) in [6, 6.07) is 0.0665. The predicted molar refractivity (Wildman–Crippen MR) is 76.4 cm³/mol. The molecular formula is C14H21N3OS. The number of nitrogens with zero attached hydrogens (tertiary/aromatic N) is 2. The minimum atomic E-state index is 0.0665. The molecule has 1 aromatic rings. The maximum Gasteiger partial charge on any atom is 0.239 e. The second kappa shape index (κ2) is 5.59. The normalized spacial score (nSPS) is 27.7. The first kappa shape index (κ1) is 13.1. The molecule has 0 saturated carbocycles. The quantitative estimate of drug-likeness (QED) is 0.899. The third-order valence-electron chi connectivity index (χ3n) is 4.08. The van der Waals surface area contributed by atoms with Crippen molar-refractivity contribution in [2.75, 3.05) is 19.6 Å². The zero-order valence-electron chi connectivity index (χ0n) is 11.4. The van der Waals surface area contributed by atoms with Crippen molar-refractivity contribution in [1.29, 1.82) is 0 Å². The first-order chi connectivity index (χ1) is 9.24. The molecule has 2 atom stereocenters. The summed E-state index contributed by atoms with van der Waals surface area (Å²) in [6.45, 7) is 4.79. The molecule has 2 aliphatic heterocycles. The number of aryl methyl sites for hydroxylation is 1. The molecule has 3 rings (SSSR count). The zero-order chi connectivity index (χ0) is 13.2. The van der Waals surface area contributed by atoms with Crippen LogP contribution in [0.2, 0.25) is 0 Å². The van der Waals surface area contributed by atoms with E-state index in [1.54, 1.807) is 11.3 Å². The van der Waals surface area contributed by atoms with Gasteiger partial charge in [-0.25, -0.2) is 4.98 Å². The Hall–Kier alpha value is -0.940. The summed E-state index contributed by atoms with van der Waals surface area (Å²) in [5.41, 5.74) is 1.10. The molecule has 1 aromatic heterocycles. The molecule has 3 heterocycles. The van der Waals surface area contributed by atoms with Gasteiger partial charge in [0.1, 0.15) is 0 Å². The molecule has 2 aliphatic rings. The predicted octanol–water partition coefficient (Wildman–Crippen LogP) is 1.91. The molecule has 5 heteroatoms. The Morgan fingerprint density at radius 3 is 3.05 bits per heavy atom. The van der Waals surface area contributed by atoms with Crippen LogP contribution in [0.4, 0.5) is 0 Å². The van der Waals surface area contributed by atoms with Crippen molar-refractivity contribution in [3.63, 3.8) is 0 Å². The summed E-state index contributed by atoms with van der Waals surface area (Å²) in [5.74, 6) is 0.744. The lowest BCUT2D eigenvalue weighted by Gasteiger charge is -2.33. The summed E-state index contributed by atoms with van der Waals surface area (Å²) in [7, 11) is 0. The molecule has 1 amide bonds. The van der Waals surface area contributed by atoms with E-state index in [-0.39, 0.29) is 6.04 Å². The maximum atomic E-state index is 12.4. The number of carbonyl (C=O) groups is 1. The van der Waals surface area contributed by atoms with Gasteiger partial charge in [-0.1, -0.05) is 0 Å². The summed E-state index contributed by atoms with van der Waals surface area (Å²) < 4.78 is 0. The van der Waals surface area contributed by atoms with Crippen molar-refractivity contribution in [3.05, 3.63) is 16.1 Å². The smallest absolute Gasteiger partial charge is 0.239 e. The van der Waals surface area contributed by atoms with Crippen molar-refractivity contribution in [3.8, 4) is 0 Å². The molecule has 0 spiro atoms. The van der Waals surface area contributed by atoms with Gasteiger partial charge in [0.05, 0.1) is 11.0 Å². The first-order valence-electron chi connectivity index (χ1n) is 7.18. The van der Waals surface area contributed by atoms with Crippen LogP contribution in [0.5, 0.6) is 0 Å². The van der Waals surface area contributed by atoms with Crippen LogP contribution in [-0.4, -0.2) is 41.5 Å². The molecule has 2 saturated heterocycles. The van der Waals surface area contributed by atoms with Crippen LogP contribution >= 0.6 is 11.3 Å². The van der Waals surface area contributed by atoms with Gasteiger partial charge >= 0.3 is 0 Å². The maximum absolute atomic E-state index is 12.4. The minimum absolute atomic E-state index is 0.0665. The van der Waals surface area contributed by atoms with Gasteiger partial charge in [-0.05, 0) is 39.2 Å². The van der Waals surface area contributed by atoms with Gasteiger partial charge < -0.3 is 10.2 Å². The Bertz CT molecular complexity index is 453. The van der Waals surface area contributed by atoms with E-state index in [1.165, 1.54) is 5.01 Å². The number of aromatic nitrogens is 1. The second-order valence-corrected chi connectivity index (χ2v) is 6.49. The third-order valence-corrected chi connectivity index (χ3v) is 5.20. The highest BCUT2D eigenvalue weighted by Gasteiger charge is 2.31.